The molecule has 1 unspecified atom stereocenters. The van der Waals surface area contributed by atoms with Gasteiger partial charge in [0.2, 0.25) is 0 Å². The first-order valence-electron chi connectivity index (χ1n) is 7.60. The maximum absolute atomic E-state index is 12.0. The molecule has 0 saturated heterocycles. The standard InChI is InChI=1S/C17H21BrN2O3S/c1-11-8-13(4-5-15(11)18)9-14-10-19-17(24-14)20-16(21)12(2)23-7-6-22-3/h4-5,8,10,12H,6-7,9H2,1-3H3,(H,19,20,21). The van der Waals surface area contributed by atoms with Crippen LogP contribution in [-0.4, -0.2) is 37.3 Å². The average Bonchev–Trinajstić information content (AvgIpc) is 2.98. The summed E-state index contributed by atoms with van der Waals surface area (Å²) in [6.45, 7) is 4.63. The summed E-state index contributed by atoms with van der Waals surface area (Å²) in [6, 6.07) is 6.28. The summed E-state index contributed by atoms with van der Waals surface area (Å²) < 4.78 is 11.4. The van der Waals surface area contributed by atoms with Gasteiger partial charge in [-0.15, -0.1) is 11.3 Å². The van der Waals surface area contributed by atoms with Gasteiger partial charge in [0, 0.05) is 29.1 Å². The number of rotatable bonds is 8. The number of thiazole rings is 1. The molecule has 7 heteroatoms. The number of hydrogen-bond acceptors (Lipinski definition) is 5. The third-order valence-electron chi connectivity index (χ3n) is 3.41. The lowest BCUT2D eigenvalue weighted by molar-refractivity contribution is -0.127. The quantitative estimate of drug-likeness (QED) is 0.669. The van der Waals surface area contributed by atoms with Crippen LogP contribution < -0.4 is 5.32 Å². The van der Waals surface area contributed by atoms with Crippen molar-refractivity contribution in [1.29, 1.82) is 0 Å². The zero-order chi connectivity index (χ0) is 17.5. The molecule has 0 bridgehead atoms. The molecule has 0 radical (unpaired) electrons. The summed E-state index contributed by atoms with van der Waals surface area (Å²) >= 11 is 4.98. The van der Waals surface area contributed by atoms with E-state index in [4.69, 9.17) is 9.47 Å². The third-order valence-corrected chi connectivity index (χ3v) is 5.21. The molecule has 0 fully saturated rings. The molecule has 24 heavy (non-hydrogen) atoms. The van der Waals surface area contributed by atoms with Crippen molar-refractivity contribution in [3.05, 3.63) is 44.9 Å². The Morgan fingerprint density at radius 2 is 2.21 bits per heavy atom. The van der Waals surface area contributed by atoms with E-state index in [0.29, 0.717) is 18.3 Å². The number of hydrogen-bond donors (Lipinski definition) is 1. The molecule has 5 nitrogen and oxygen atoms in total. The van der Waals surface area contributed by atoms with Crippen molar-refractivity contribution < 1.29 is 14.3 Å². The maximum atomic E-state index is 12.0. The molecule has 1 heterocycles. The van der Waals surface area contributed by atoms with Crippen LogP contribution in [0, 0.1) is 6.92 Å². The van der Waals surface area contributed by atoms with Gasteiger partial charge in [0.1, 0.15) is 6.10 Å². The van der Waals surface area contributed by atoms with Crippen LogP contribution in [0.15, 0.2) is 28.9 Å². The topological polar surface area (TPSA) is 60.5 Å². The molecule has 1 atom stereocenters. The first-order chi connectivity index (χ1) is 11.5. The van der Waals surface area contributed by atoms with Crippen molar-refractivity contribution >= 4 is 38.3 Å². The molecule has 2 aromatic rings. The lowest BCUT2D eigenvalue weighted by Gasteiger charge is -2.11. The van der Waals surface area contributed by atoms with Crippen molar-refractivity contribution in [3.8, 4) is 0 Å². The van der Waals surface area contributed by atoms with Crippen LogP contribution >= 0.6 is 27.3 Å². The predicted molar refractivity (Wildman–Crippen MR) is 99.7 cm³/mol. The van der Waals surface area contributed by atoms with E-state index in [1.807, 2.05) is 6.07 Å². The molecule has 1 amide bonds. The molecular weight excluding hydrogens is 392 g/mol. The van der Waals surface area contributed by atoms with Crippen LogP contribution in [0.25, 0.3) is 0 Å². The van der Waals surface area contributed by atoms with Crippen LogP contribution in [0.5, 0.6) is 0 Å². The Bertz CT molecular complexity index is 690. The number of nitrogens with zero attached hydrogens (tertiary/aromatic N) is 1. The molecular formula is C17H21BrN2O3S. The summed E-state index contributed by atoms with van der Waals surface area (Å²) in [5, 5.41) is 3.38. The molecule has 1 aromatic heterocycles. The highest BCUT2D eigenvalue weighted by molar-refractivity contribution is 9.10. The van der Waals surface area contributed by atoms with Gasteiger partial charge in [-0.1, -0.05) is 28.1 Å². The second kappa shape index (κ2) is 9.27. The number of methoxy groups -OCH3 is 1. The number of anilines is 1. The van der Waals surface area contributed by atoms with E-state index in [1.54, 1.807) is 20.2 Å². The fraction of sp³-hybridized carbons (Fsp3) is 0.412. The fourth-order valence-corrected chi connectivity index (χ4v) is 3.15. The number of halogens is 1. The van der Waals surface area contributed by atoms with E-state index < -0.39 is 6.10 Å². The van der Waals surface area contributed by atoms with Crippen LogP contribution in [0.1, 0.15) is 22.9 Å². The minimum Gasteiger partial charge on any atom is -0.382 e. The summed E-state index contributed by atoms with van der Waals surface area (Å²) in [5.74, 6) is -0.202. The number of nitrogens with one attached hydrogen (secondary N) is 1. The Balaban J connectivity index is 1.90. The van der Waals surface area contributed by atoms with E-state index in [1.165, 1.54) is 22.5 Å². The Morgan fingerprint density at radius 3 is 2.92 bits per heavy atom. The number of carbonyl (C=O) groups is 1. The van der Waals surface area contributed by atoms with Crippen molar-refractivity contribution in [3.63, 3.8) is 0 Å². The zero-order valence-corrected chi connectivity index (χ0v) is 16.4. The number of benzene rings is 1. The lowest BCUT2D eigenvalue weighted by Crippen LogP contribution is -2.28. The van der Waals surface area contributed by atoms with Gasteiger partial charge in [0.05, 0.1) is 13.2 Å². The van der Waals surface area contributed by atoms with Crippen LogP contribution in [0.4, 0.5) is 5.13 Å². The van der Waals surface area contributed by atoms with Crippen molar-refractivity contribution in [2.45, 2.75) is 26.4 Å². The first kappa shape index (κ1) is 19.1. The van der Waals surface area contributed by atoms with Gasteiger partial charge >= 0.3 is 0 Å². The minimum absolute atomic E-state index is 0.202. The molecule has 1 N–H and O–H groups in total. The average molecular weight is 413 g/mol. The first-order valence-corrected chi connectivity index (χ1v) is 9.21. The fourth-order valence-electron chi connectivity index (χ4n) is 2.06. The van der Waals surface area contributed by atoms with Gasteiger partial charge in [-0.25, -0.2) is 4.98 Å². The Labute approximate surface area is 154 Å². The Morgan fingerprint density at radius 1 is 1.42 bits per heavy atom. The SMILES string of the molecule is COCCOC(C)C(=O)Nc1ncc(Cc2ccc(Br)c(C)c2)s1. The van der Waals surface area contributed by atoms with E-state index in [0.717, 1.165) is 15.8 Å². The molecule has 130 valence electrons. The molecule has 0 aliphatic carbocycles. The van der Waals surface area contributed by atoms with E-state index in [-0.39, 0.29) is 5.91 Å². The third kappa shape index (κ3) is 5.66. The summed E-state index contributed by atoms with van der Waals surface area (Å²) in [6.07, 6.45) is 2.05. The van der Waals surface area contributed by atoms with Crippen LogP contribution in [0.2, 0.25) is 0 Å². The summed E-state index contributed by atoms with van der Waals surface area (Å²) in [7, 11) is 1.60. The Hall–Kier alpha value is -1.28. The van der Waals surface area contributed by atoms with E-state index in [9.17, 15) is 4.79 Å². The normalized spacial score (nSPS) is 12.2. The number of aryl methyl sites for hydroxylation is 1. The Kier molecular flexibility index (Phi) is 7.36. The lowest BCUT2D eigenvalue weighted by atomic mass is 10.1. The zero-order valence-electron chi connectivity index (χ0n) is 14.0. The molecule has 0 saturated carbocycles. The molecule has 2 rings (SSSR count). The monoisotopic (exact) mass is 412 g/mol. The molecule has 0 aliphatic rings. The van der Waals surface area contributed by atoms with E-state index in [2.05, 4.69) is 45.3 Å². The highest BCUT2D eigenvalue weighted by Crippen LogP contribution is 2.24. The largest absolute Gasteiger partial charge is 0.382 e. The van der Waals surface area contributed by atoms with Crippen molar-refractivity contribution in [1.82, 2.24) is 4.98 Å². The van der Waals surface area contributed by atoms with Gasteiger partial charge in [-0.2, -0.15) is 0 Å². The number of ether oxygens (including phenoxy) is 2. The number of aromatic nitrogens is 1. The number of carbonyl (C=O) groups excluding carboxylic acids is 1. The van der Waals surface area contributed by atoms with Crippen molar-refractivity contribution in [2.24, 2.45) is 0 Å². The molecule has 1 aromatic carbocycles. The van der Waals surface area contributed by atoms with Gasteiger partial charge in [0.25, 0.3) is 5.91 Å². The van der Waals surface area contributed by atoms with Crippen LogP contribution in [0.3, 0.4) is 0 Å². The maximum Gasteiger partial charge on any atom is 0.254 e. The van der Waals surface area contributed by atoms with Gasteiger partial charge in [0.15, 0.2) is 5.13 Å². The number of amides is 1. The molecule has 0 aliphatic heterocycles. The second-order valence-electron chi connectivity index (χ2n) is 5.39. The molecule has 0 spiro atoms. The van der Waals surface area contributed by atoms with Gasteiger partial charge < -0.3 is 9.47 Å². The smallest absolute Gasteiger partial charge is 0.254 e. The van der Waals surface area contributed by atoms with Crippen molar-refractivity contribution in [2.75, 3.05) is 25.6 Å². The summed E-state index contributed by atoms with van der Waals surface area (Å²) in [5.41, 5.74) is 2.42. The van der Waals surface area contributed by atoms with Gasteiger partial charge in [-0.05, 0) is 31.0 Å². The van der Waals surface area contributed by atoms with Crippen LogP contribution in [-0.2, 0) is 20.7 Å². The van der Waals surface area contributed by atoms with Gasteiger partial charge in [-0.3, -0.25) is 10.1 Å². The second-order valence-corrected chi connectivity index (χ2v) is 7.36. The summed E-state index contributed by atoms with van der Waals surface area (Å²) in [4.78, 5) is 17.4. The minimum atomic E-state index is -0.540. The highest BCUT2D eigenvalue weighted by Gasteiger charge is 2.15. The predicted octanol–water partition coefficient (Wildman–Crippen LogP) is 3.79. The highest BCUT2D eigenvalue weighted by atomic mass is 79.9. The van der Waals surface area contributed by atoms with E-state index >= 15 is 0 Å².